The molecule has 0 unspecified atom stereocenters. The summed E-state index contributed by atoms with van der Waals surface area (Å²) in [5.41, 5.74) is -6.87. The van der Waals surface area contributed by atoms with E-state index in [1.165, 1.54) is 0 Å². The molecule has 0 spiro atoms. The van der Waals surface area contributed by atoms with Crippen molar-refractivity contribution in [2.24, 2.45) is 0 Å². The van der Waals surface area contributed by atoms with Gasteiger partial charge in [-0.1, -0.05) is 66.2 Å². The standard InChI is InChI=1S/C46H40F12N2O3/c1-27-23-28(25-59-21-2-3-38(59)41(62,30-4-12-34(13-5-30)43(47,48)49)31-6-14-35(15-7-31)44(50,51)52)40(61)29(24-27)26-60-22-20-39(60)42(63,32-8-16-36(17-9-32)45(53,54)55)33-10-18-37(19-11-33)46(56,57)58/h4-19,23-24,38-39,61-63H,2-3,20-22,25-26H2,1H3/t38-,39-/m0/s1. The van der Waals surface area contributed by atoms with Gasteiger partial charge in [-0.2, -0.15) is 52.7 Å². The number of rotatable bonds is 10. The van der Waals surface area contributed by atoms with Gasteiger partial charge in [0.2, 0.25) is 0 Å². The van der Waals surface area contributed by atoms with Gasteiger partial charge in [0.05, 0.1) is 22.3 Å². The fourth-order valence-corrected chi connectivity index (χ4v) is 8.96. The minimum absolute atomic E-state index is 0.00119. The molecule has 17 heteroatoms. The van der Waals surface area contributed by atoms with E-state index < -0.39 is 70.2 Å². The van der Waals surface area contributed by atoms with Crippen LogP contribution in [0.4, 0.5) is 52.7 Å². The number of halogens is 12. The summed E-state index contributed by atoms with van der Waals surface area (Å²) >= 11 is 0. The number of hydrogen-bond donors (Lipinski definition) is 3. The van der Waals surface area contributed by atoms with Crippen LogP contribution in [0, 0.1) is 6.92 Å². The monoisotopic (exact) mass is 896 g/mol. The van der Waals surface area contributed by atoms with Gasteiger partial charge in [-0.05, 0) is 104 Å². The van der Waals surface area contributed by atoms with Crippen LogP contribution in [-0.4, -0.2) is 50.3 Å². The zero-order valence-electron chi connectivity index (χ0n) is 33.3. The number of benzene rings is 5. The van der Waals surface area contributed by atoms with Gasteiger partial charge in [0, 0.05) is 42.8 Å². The van der Waals surface area contributed by atoms with E-state index in [4.69, 9.17) is 0 Å². The number of nitrogens with zero attached hydrogens (tertiary/aromatic N) is 2. The van der Waals surface area contributed by atoms with Gasteiger partial charge in [0.25, 0.3) is 0 Å². The molecule has 0 aliphatic carbocycles. The number of hydrogen-bond acceptors (Lipinski definition) is 5. The van der Waals surface area contributed by atoms with Crippen LogP contribution in [-0.2, 0) is 49.0 Å². The Morgan fingerprint density at radius 1 is 0.444 bits per heavy atom. The van der Waals surface area contributed by atoms with Gasteiger partial charge in [0.15, 0.2) is 0 Å². The number of aliphatic hydroxyl groups is 2. The maximum Gasteiger partial charge on any atom is 0.416 e. The smallest absolute Gasteiger partial charge is 0.416 e. The van der Waals surface area contributed by atoms with Crippen molar-refractivity contribution in [2.45, 2.75) is 87.3 Å². The molecular weight excluding hydrogens is 856 g/mol. The van der Waals surface area contributed by atoms with E-state index in [9.17, 15) is 68.0 Å². The molecule has 2 atom stereocenters. The third-order valence-corrected chi connectivity index (χ3v) is 12.2. The van der Waals surface area contributed by atoms with E-state index in [-0.39, 0.29) is 53.9 Å². The summed E-state index contributed by atoms with van der Waals surface area (Å²) in [5.74, 6) is -0.197. The average molecular weight is 897 g/mol. The normalized spacial score (nSPS) is 18.5. The largest absolute Gasteiger partial charge is 0.507 e. The van der Waals surface area contributed by atoms with Crippen LogP contribution in [0.2, 0.25) is 0 Å². The van der Waals surface area contributed by atoms with Gasteiger partial charge >= 0.3 is 24.7 Å². The Morgan fingerprint density at radius 2 is 0.714 bits per heavy atom. The molecule has 63 heavy (non-hydrogen) atoms. The first-order valence-corrected chi connectivity index (χ1v) is 19.8. The summed E-state index contributed by atoms with van der Waals surface area (Å²) in [4.78, 5) is 3.52. The van der Waals surface area contributed by atoms with Gasteiger partial charge in [-0.15, -0.1) is 0 Å². The molecule has 2 heterocycles. The van der Waals surface area contributed by atoms with E-state index in [2.05, 4.69) is 0 Å². The Labute approximate surface area is 353 Å². The maximum atomic E-state index is 13.6. The van der Waals surface area contributed by atoms with Crippen LogP contribution in [0.1, 0.15) is 80.5 Å². The van der Waals surface area contributed by atoms with Crippen molar-refractivity contribution in [1.29, 1.82) is 0 Å². The van der Waals surface area contributed by atoms with Crippen molar-refractivity contribution >= 4 is 0 Å². The molecule has 2 aliphatic rings. The van der Waals surface area contributed by atoms with Crippen LogP contribution in [0.3, 0.4) is 0 Å². The fourth-order valence-electron chi connectivity index (χ4n) is 8.96. The minimum atomic E-state index is -4.70. The molecule has 5 aromatic rings. The zero-order chi connectivity index (χ0) is 45.9. The van der Waals surface area contributed by atoms with E-state index in [1.54, 1.807) is 28.9 Å². The summed E-state index contributed by atoms with van der Waals surface area (Å²) < 4.78 is 162. The molecule has 7 rings (SSSR count). The van der Waals surface area contributed by atoms with Crippen molar-refractivity contribution in [3.63, 3.8) is 0 Å². The van der Waals surface area contributed by atoms with Gasteiger partial charge < -0.3 is 15.3 Å². The Bertz CT molecular complexity index is 2280. The summed E-state index contributed by atoms with van der Waals surface area (Å²) in [6.07, 6.45) is -17.8. The zero-order valence-corrected chi connectivity index (χ0v) is 33.3. The second kappa shape index (κ2) is 16.5. The molecule has 336 valence electrons. The first-order valence-electron chi connectivity index (χ1n) is 19.8. The molecule has 0 aromatic heterocycles. The van der Waals surface area contributed by atoms with Crippen LogP contribution >= 0.6 is 0 Å². The minimum Gasteiger partial charge on any atom is -0.507 e. The van der Waals surface area contributed by atoms with Crippen molar-refractivity contribution in [2.75, 3.05) is 13.1 Å². The van der Waals surface area contributed by atoms with Crippen LogP contribution in [0.5, 0.6) is 5.75 Å². The molecule has 2 saturated heterocycles. The van der Waals surface area contributed by atoms with Gasteiger partial charge in [-0.3, -0.25) is 9.80 Å². The lowest BCUT2D eigenvalue weighted by molar-refractivity contribution is -0.138. The predicted molar refractivity (Wildman–Crippen MR) is 207 cm³/mol. The SMILES string of the molecule is Cc1cc(CN2CCC[C@H]2C(O)(c2ccc(C(F)(F)F)cc2)c2ccc(C(F)(F)F)cc2)c(O)c(CN2CC[C@H]2C(O)(c2ccc(C(F)(F)F)cc2)c2ccc(C(F)(F)F)cc2)c1. The van der Waals surface area contributed by atoms with E-state index in [0.29, 0.717) is 36.2 Å². The van der Waals surface area contributed by atoms with Crippen LogP contribution < -0.4 is 0 Å². The molecule has 0 radical (unpaired) electrons. The Balaban J connectivity index is 1.21. The van der Waals surface area contributed by atoms with Crippen molar-refractivity contribution in [3.05, 3.63) is 170 Å². The number of aromatic hydroxyl groups is 1. The Morgan fingerprint density at radius 3 is 0.984 bits per heavy atom. The molecule has 0 saturated carbocycles. The Hall–Kier alpha value is -5.10. The molecule has 5 nitrogen and oxygen atoms in total. The third kappa shape index (κ3) is 9.02. The highest BCUT2D eigenvalue weighted by Gasteiger charge is 2.50. The number of alkyl halides is 12. The predicted octanol–water partition coefficient (Wildman–Crippen LogP) is 11.2. The van der Waals surface area contributed by atoms with Crippen molar-refractivity contribution in [3.8, 4) is 5.75 Å². The summed E-state index contributed by atoms with van der Waals surface area (Å²) in [5, 5.41) is 36.9. The van der Waals surface area contributed by atoms with Crippen molar-refractivity contribution < 1.29 is 68.0 Å². The van der Waals surface area contributed by atoms with E-state index in [1.807, 2.05) is 0 Å². The lowest BCUT2D eigenvalue weighted by Crippen LogP contribution is -2.59. The number of aryl methyl sites for hydroxylation is 1. The molecule has 0 bridgehead atoms. The van der Waals surface area contributed by atoms with Crippen LogP contribution in [0.25, 0.3) is 0 Å². The maximum absolute atomic E-state index is 13.6. The molecule has 2 aliphatic heterocycles. The highest BCUT2D eigenvalue weighted by atomic mass is 19.4. The lowest BCUT2D eigenvalue weighted by Gasteiger charge is -2.50. The summed E-state index contributed by atoms with van der Waals surface area (Å²) in [6, 6.07) is 16.4. The number of likely N-dealkylation sites (tertiary alicyclic amines) is 2. The van der Waals surface area contributed by atoms with Crippen LogP contribution in [0.15, 0.2) is 109 Å². The Kier molecular flexibility index (Phi) is 12.0. The fraction of sp³-hybridized carbons (Fsp3) is 0.348. The van der Waals surface area contributed by atoms with Gasteiger partial charge in [0.1, 0.15) is 17.0 Å². The van der Waals surface area contributed by atoms with E-state index in [0.717, 1.165) is 97.1 Å². The lowest BCUT2D eigenvalue weighted by atomic mass is 9.74. The molecule has 5 aromatic carbocycles. The average Bonchev–Trinajstić information content (AvgIpc) is 3.68. The summed E-state index contributed by atoms with van der Waals surface area (Å²) in [6.45, 7) is 2.32. The number of phenols is 1. The summed E-state index contributed by atoms with van der Waals surface area (Å²) in [7, 11) is 0. The van der Waals surface area contributed by atoms with E-state index >= 15 is 0 Å². The molecular formula is C46H40F12N2O3. The molecule has 2 fully saturated rings. The quantitative estimate of drug-likeness (QED) is 0.122. The molecule has 3 N–H and O–H groups in total. The van der Waals surface area contributed by atoms with Gasteiger partial charge in [-0.25, -0.2) is 0 Å². The highest BCUT2D eigenvalue weighted by Crippen LogP contribution is 2.46. The highest BCUT2D eigenvalue weighted by molar-refractivity contribution is 5.47. The van der Waals surface area contributed by atoms with Crippen molar-refractivity contribution in [1.82, 2.24) is 9.80 Å². The molecule has 0 amide bonds. The third-order valence-electron chi connectivity index (χ3n) is 12.2. The second-order valence-corrected chi connectivity index (χ2v) is 16.2. The second-order valence-electron chi connectivity index (χ2n) is 16.2. The first kappa shape index (κ1) is 45.9. The first-order chi connectivity index (χ1) is 29.3. The topological polar surface area (TPSA) is 67.2 Å². The number of phenolic OH excluding ortho intramolecular Hbond substituents is 1.